The fraction of sp³-hybridized carbons (Fsp3) is 0.500. The molecule has 0 spiro atoms. The van der Waals surface area contributed by atoms with Crippen molar-refractivity contribution in [2.45, 2.75) is 43.2 Å². The summed E-state index contributed by atoms with van der Waals surface area (Å²) in [5, 5.41) is 12.5. The summed E-state index contributed by atoms with van der Waals surface area (Å²) in [7, 11) is -3.93. The lowest BCUT2D eigenvalue weighted by Crippen LogP contribution is -2.57. The molecule has 0 aromatic heterocycles. The number of fused-ring (bicyclic) bond motifs is 1. The van der Waals surface area contributed by atoms with E-state index in [4.69, 9.17) is 16.3 Å². The van der Waals surface area contributed by atoms with Crippen molar-refractivity contribution in [1.29, 1.82) is 0 Å². The van der Waals surface area contributed by atoms with Gasteiger partial charge in [0.1, 0.15) is 12.6 Å². The minimum absolute atomic E-state index is 0.0221. The zero-order valence-electron chi connectivity index (χ0n) is 21.2. The number of carbonyl (C=O) groups excluding carboxylic acids is 3. The van der Waals surface area contributed by atoms with Crippen molar-refractivity contribution >= 4 is 50.1 Å². The molecule has 2 aliphatic heterocycles. The summed E-state index contributed by atoms with van der Waals surface area (Å²) in [5.41, 5.74) is 0. The SMILES string of the molecule is CCOC(=O)CN1CCCN(C2CCN(C(=O)[C@H](O)CS(=O)(=O)c3ccc4cc(Cl)ccc4c3)CC2)C1=O. The fourth-order valence-corrected chi connectivity index (χ4v) is 6.54. The number of halogens is 1. The fourth-order valence-electron chi connectivity index (χ4n) is 5.02. The number of hydrogen-bond donors (Lipinski definition) is 1. The van der Waals surface area contributed by atoms with E-state index >= 15 is 0 Å². The van der Waals surface area contributed by atoms with Gasteiger partial charge in [0.2, 0.25) is 0 Å². The Morgan fingerprint density at radius 2 is 1.76 bits per heavy atom. The highest BCUT2D eigenvalue weighted by atomic mass is 35.5. The van der Waals surface area contributed by atoms with Crippen LogP contribution in [-0.2, 0) is 24.2 Å². The van der Waals surface area contributed by atoms with E-state index in [0.717, 1.165) is 11.8 Å². The number of benzene rings is 2. The van der Waals surface area contributed by atoms with E-state index in [1.807, 2.05) is 0 Å². The first kappa shape index (κ1) is 28.1. The third-order valence-corrected chi connectivity index (χ3v) is 8.94. The van der Waals surface area contributed by atoms with Crippen molar-refractivity contribution in [3.63, 3.8) is 0 Å². The predicted octanol–water partition coefficient (Wildman–Crippen LogP) is 2.31. The Balaban J connectivity index is 1.33. The summed E-state index contributed by atoms with van der Waals surface area (Å²) in [6.07, 6.45) is 0.0199. The van der Waals surface area contributed by atoms with Crippen molar-refractivity contribution in [2.24, 2.45) is 0 Å². The molecule has 0 unspecified atom stereocenters. The van der Waals surface area contributed by atoms with E-state index in [1.54, 1.807) is 36.1 Å². The Morgan fingerprint density at radius 3 is 2.47 bits per heavy atom. The number of ether oxygens (including phenoxy) is 1. The van der Waals surface area contributed by atoms with Gasteiger partial charge in [-0.1, -0.05) is 23.7 Å². The van der Waals surface area contributed by atoms with Gasteiger partial charge >= 0.3 is 12.0 Å². The average molecular weight is 566 g/mol. The maximum atomic E-state index is 12.9. The predicted molar refractivity (Wildman–Crippen MR) is 142 cm³/mol. The number of likely N-dealkylation sites (tertiary alicyclic amines) is 1. The first-order valence-corrected chi connectivity index (χ1v) is 14.7. The number of urea groups is 1. The van der Waals surface area contributed by atoms with E-state index in [1.165, 1.54) is 21.9 Å². The van der Waals surface area contributed by atoms with Crippen LogP contribution in [0.15, 0.2) is 41.3 Å². The molecule has 0 saturated carbocycles. The van der Waals surface area contributed by atoms with Gasteiger partial charge in [0.25, 0.3) is 5.91 Å². The van der Waals surface area contributed by atoms with Crippen LogP contribution >= 0.6 is 11.6 Å². The Kier molecular flexibility index (Phi) is 8.79. The van der Waals surface area contributed by atoms with Crippen molar-refractivity contribution in [3.8, 4) is 0 Å². The largest absolute Gasteiger partial charge is 0.465 e. The minimum Gasteiger partial charge on any atom is -0.465 e. The smallest absolute Gasteiger partial charge is 0.325 e. The standard InChI is InChI=1S/C26H32ClN3O7S/c1-2-37-24(32)16-29-10-3-11-30(26(29)34)21-8-12-28(13-9-21)25(33)23(31)17-38(35,36)22-7-5-18-14-20(27)6-4-19(18)15-22/h4-7,14-15,21,23,31H,2-3,8-13,16-17H2,1H3/t23-/m1/s1. The van der Waals surface area contributed by atoms with Gasteiger partial charge in [0.15, 0.2) is 9.84 Å². The number of sulfone groups is 1. The second-order valence-electron chi connectivity index (χ2n) is 9.56. The number of piperidine rings is 1. The van der Waals surface area contributed by atoms with E-state index in [9.17, 15) is 27.9 Å². The van der Waals surface area contributed by atoms with Gasteiger partial charge in [-0.05, 0) is 61.2 Å². The van der Waals surface area contributed by atoms with Gasteiger partial charge in [-0.2, -0.15) is 0 Å². The Labute approximate surface area is 227 Å². The molecule has 1 N–H and O–H groups in total. The van der Waals surface area contributed by atoms with Crippen LogP contribution in [0.3, 0.4) is 0 Å². The highest BCUT2D eigenvalue weighted by Crippen LogP contribution is 2.25. The monoisotopic (exact) mass is 565 g/mol. The van der Waals surface area contributed by atoms with Gasteiger partial charge in [0.05, 0.1) is 17.3 Å². The van der Waals surface area contributed by atoms with Crippen molar-refractivity contribution in [2.75, 3.05) is 45.1 Å². The molecule has 0 aliphatic carbocycles. The second-order valence-corrected chi connectivity index (χ2v) is 12.0. The first-order chi connectivity index (χ1) is 18.1. The summed E-state index contributed by atoms with van der Waals surface area (Å²) < 4.78 is 30.8. The summed E-state index contributed by atoms with van der Waals surface area (Å²) in [4.78, 5) is 42.3. The summed E-state index contributed by atoms with van der Waals surface area (Å²) in [5.74, 6) is -1.81. The first-order valence-electron chi connectivity index (χ1n) is 12.7. The lowest BCUT2D eigenvalue weighted by molar-refractivity contribution is -0.144. The normalized spacial score (nSPS) is 18.1. The van der Waals surface area contributed by atoms with E-state index in [0.29, 0.717) is 49.4 Å². The number of rotatable bonds is 8. The van der Waals surface area contributed by atoms with E-state index in [-0.39, 0.29) is 30.1 Å². The molecule has 0 bridgehead atoms. The zero-order valence-corrected chi connectivity index (χ0v) is 22.8. The van der Waals surface area contributed by atoms with Crippen LogP contribution in [0.2, 0.25) is 5.02 Å². The highest BCUT2D eigenvalue weighted by molar-refractivity contribution is 7.91. The van der Waals surface area contributed by atoms with E-state index in [2.05, 4.69) is 0 Å². The van der Waals surface area contributed by atoms with Crippen molar-refractivity contribution in [3.05, 3.63) is 41.4 Å². The quantitative estimate of drug-likeness (QED) is 0.487. The van der Waals surface area contributed by atoms with Gasteiger partial charge in [-0.3, -0.25) is 9.59 Å². The third kappa shape index (κ3) is 6.39. The van der Waals surface area contributed by atoms with Gasteiger partial charge < -0.3 is 24.5 Å². The molecule has 206 valence electrons. The molecule has 3 amide bonds. The number of nitrogens with zero attached hydrogens (tertiary/aromatic N) is 3. The maximum absolute atomic E-state index is 12.9. The molecule has 2 aromatic rings. The third-order valence-electron chi connectivity index (χ3n) is 6.98. The number of hydrogen-bond acceptors (Lipinski definition) is 7. The summed E-state index contributed by atoms with van der Waals surface area (Å²) in [6, 6.07) is 9.36. The molecule has 4 rings (SSSR count). The van der Waals surface area contributed by atoms with Crippen molar-refractivity contribution < 1.29 is 32.6 Å². The van der Waals surface area contributed by atoms with Crippen LogP contribution < -0.4 is 0 Å². The lowest BCUT2D eigenvalue weighted by atomic mass is 10.0. The summed E-state index contributed by atoms with van der Waals surface area (Å²) >= 11 is 5.99. The highest BCUT2D eigenvalue weighted by Gasteiger charge is 2.36. The maximum Gasteiger partial charge on any atom is 0.325 e. The molecule has 10 nitrogen and oxygen atoms in total. The molecule has 2 saturated heterocycles. The van der Waals surface area contributed by atoms with Crippen LogP contribution in [0.5, 0.6) is 0 Å². The van der Waals surface area contributed by atoms with Crippen molar-refractivity contribution in [1.82, 2.24) is 14.7 Å². The molecule has 2 fully saturated rings. The number of esters is 1. The molecule has 0 radical (unpaired) electrons. The van der Waals surface area contributed by atoms with Gasteiger partial charge in [-0.25, -0.2) is 13.2 Å². The molecule has 2 aromatic carbocycles. The Morgan fingerprint density at radius 1 is 1.08 bits per heavy atom. The number of carbonyl (C=O) groups is 3. The van der Waals surface area contributed by atoms with Crippen LogP contribution in [0.4, 0.5) is 4.79 Å². The topological polar surface area (TPSA) is 125 Å². The molecule has 38 heavy (non-hydrogen) atoms. The molecular weight excluding hydrogens is 534 g/mol. The second kappa shape index (κ2) is 11.9. The van der Waals surface area contributed by atoms with Gasteiger partial charge in [0, 0.05) is 37.2 Å². The van der Waals surface area contributed by atoms with Crippen LogP contribution in [0.1, 0.15) is 26.2 Å². The minimum atomic E-state index is -3.93. The Hall–Kier alpha value is -2.89. The number of aliphatic hydroxyl groups is 1. The van der Waals surface area contributed by atoms with Gasteiger partial charge in [-0.15, -0.1) is 0 Å². The van der Waals surface area contributed by atoms with Crippen LogP contribution in [-0.4, -0.2) is 103 Å². The molecule has 1 atom stereocenters. The van der Waals surface area contributed by atoms with Crippen LogP contribution in [0, 0.1) is 0 Å². The molecular formula is C26H32ClN3O7S. The number of aliphatic hydroxyl groups excluding tert-OH is 1. The van der Waals surface area contributed by atoms with Crippen LogP contribution in [0.25, 0.3) is 10.8 Å². The molecule has 12 heteroatoms. The lowest BCUT2D eigenvalue weighted by Gasteiger charge is -2.43. The van der Waals surface area contributed by atoms with E-state index < -0.39 is 33.6 Å². The average Bonchev–Trinajstić information content (AvgIpc) is 2.89. The number of amides is 3. The molecule has 2 heterocycles. The Bertz CT molecular complexity index is 1310. The summed E-state index contributed by atoms with van der Waals surface area (Å²) in [6.45, 7) is 3.50. The molecule has 2 aliphatic rings. The zero-order chi connectivity index (χ0) is 27.4.